The summed E-state index contributed by atoms with van der Waals surface area (Å²) in [6, 6.07) is 8.64. The maximum absolute atomic E-state index is 11.5. The van der Waals surface area contributed by atoms with Crippen molar-refractivity contribution in [3.8, 4) is 6.07 Å². The van der Waals surface area contributed by atoms with Crippen LogP contribution in [0.1, 0.15) is 37.8 Å². The van der Waals surface area contributed by atoms with Crippen molar-refractivity contribution in [1.82, 2.24) is 9.88 Å². The molecule has 0 radical (unpaired) electrons. The maximum Gasteiger partial charge on any atom is 0.219 e. The smallest absolute Gasteiger partial charge is 0.219 e. The Morgan fingerprint density at radius 2 is 2.17 bits per heavy atom. The van der Waals surface area contributed by atoms with Crippen molar-refractivity contribution in [2.75, 3.05) is 18.4 Å². The van der Waals surface area contributed by atoms with Crippen LogP contribution in [-0.2, 0) is 11.2 Å². The number of pyridine rings is 1. The summed E-state index contributed by atoms with van der Waals surface area (Å²) in [4.78, 5) is 17.8. The van der Waals surface area contributed by atoms with Gasteiger partial charge in [-0.15, -0.1) is 0 Å². The third-order valence-corrected chi connectivity index (χ3v) is 4.77. The second-order valence-electron chi connectivity index (χ2n) is 6.25. The molecular weight excluding hydrogens is 300 g/mol. The molecule has 5 heteroatoms. The van der Waals surface area contributed by atoms with E-state index in [2.05, 4.69) is 29.4 Å². The van der Waals surface area contributed by atoms with Crippen molar-refractivity contribution in [3.05, 3.63) is 35.5 Å². The van der Waals surface area contributed by atoms with Crippen molar-refractivity contribution in [1.29, 1.82) is 5.26 Å². The molecule has 1 aliphatic heterocycles. The number of aromatic nitrogens is 1. The predicted octanol–water partition coefficient (Wildman–Crippen LogP) is 3.09. The Hall–Kier alpha value is -2.61. The lowest BCUT2D eigenvalue weighted by molar-refractivity contribution is -0.129. The van der Waals surface area contributed by atoms with Crippen LogP contribution in [0.4, 0.5) is 5.69 Å². The average molecular weight is 322 g/mol. The number of nitrogens with one attached hydrogen (secondary N) is 1. The van der Waals surface area contributed by atoms with E-state index in [1.54, 1.807) is 13.1 Å². The third kappa shape index (κ3) is 3.05. The van der Waals surface area contributed by atoms with Crippen molar-refractivity contribution < 1.29 is 4.79 Å². The zero-order valence-corrected chi connectivity index (χ0v) is 14.2. The second-order valence-corrected chi connectivity index (χ2v) is 6.25. The van der Waals surface area contributed by atoms with Crippen LogP contribution < -0.4 is 5.32 Å². The number of nitriles is 1. The van der Waals surface area contributed by atoms with E-state index in [-0.39, 0.29) is 11.9 Å². The number of aryl methyl sites for hydroxylation is 1. The van der Waals surface area contributed by atoms with Crippen LogP contribution in [0.15, 0.2) is 24.4 Å². The number of carbonyl (C=O) groups excluding carboxylic acids is 1. The van der Waals surface area contributed by atoms with Gasteiger partial charge in [-0.05, 0) is 24.8 Å². The van der Waals surface area contributed by atoms with Crippen LogP contribution in [0.2, 0.25) is 0 Å². The lowest BCUT2D eigenvalue weighted by atomic mass is 10.0. The van der Waals surface area contributed by atoms with Gasteiger partial charge in [0.25, 0.3) is 0 Å². The number of amides is 1. The first kappa shape index (κ1) is 16.3. The fraction of sp³-hybridized carbons (Fsp3) is 0.421. The van der Waals surface area contributed by atoms with Gasteiger partial charge in [-0.3, -0.25) is 9.78 Å². The standard InChI is InChI=1S/C19H22N4O/c1-3-14-5-4-6-17-18(14)21-12-15(11-20)19(17)22-16-7-9-23(10-8-16)13(2)24/h4-6,12,16H,3,7-10H2,1-2H3,(H,21,22). The normalized spacial score (nSPS) is 15.3. The molecule has 0 saturated carbocycles. The molecule has 1 amide bonds. The molecule has 1 aromatic carbocycles. The van der Waals surface area contributed by atoms with Crippen molar-refractivity contribution in [3.63, 3.8) is 0 Å². The molecule has 5 nitrogen and oxygen atoms in total. The molecule has 2 aromatic rings. The highest BCUT2D eigenvalue weighted by Gasteiger charge is 2.22. The number of fused-ring (bicyclic) bond motifs is 1. The number of hydrogen-bond acceptors (Lipinski definition) is 4. The molecule has 0 bridgehead atoms. The molecule has 3 rings (SSSR count). The SMILES string of the molecule is CCc1cccc2c(NC3CCN(C(C)=O)CC3)c(C#N)cnc12. The summed E-state index contributed by atoms with van der Waals surface area (Å²) in [5.74, 6) is 0.133. The molecular formula is C19H22N4O. The molecule has 0 spiro atoms. The number of para-hydroxylation sites is 1. The van der Waals surface area contributed by atoms with Crippen LogP contribution >= 0.6 is 0 Å². The van der Waals surface area contributed by atoms with Gasteiger partial charge in [-0.1, -0.05) is 25.1 Å². The molecule has 1 N–H and O–H groups in total. The van der Waals surface area contributed by atoms with E-state index in [0.29, 0.717) is 5.56 Å². The molecule has 1 aliphatic rings. The lowest BCUT2D eigenvalue weighted by Crippen LogP contribution is -2.41. The molecule has 0 aliphatic carbocycles. The Morgan fingerprint density at radius 3 is 2.79 bits per heavy atom. The highest BCUT2D eigenvalue weighted by atomic mass is 16.2. The summed E-state index contributed by atoms with van der Waals surface area (Å²) in [7, 11) is 0. The summed E-state index contributed by atoms with van der Waals surface area (Å²) in [6.07, 6.45) is 4.35. The van der Waals surface area contributed by atoms with Crippen molar-refractivity contribution >= 4 is 22.5 Å². The van der Waals surface area contributed by atoms with E-state index < -0.39 is 0 Å². The van der Waals surface area contributed by atoms with Gasteiger partial charge in [-0.2, -0.15) is 5.26 Å². The number of rotatable bonds is 3. The molecule has 1 aromatic heterocycles. The Bertz CT molecular complexity index is 801. The molecule has 1 saturated heterocycles. The van der Waals surface area contributed by atoms with Gasteiger partial charge < -0.3 is 10.2 Å². The Labute approximate surface area is 142 Å². The van der Waals surface area contributed by atoms with E-state index in [0.717, 1.165) is 48.9 Å². The number of anilines is 1. The summed E-state index contributed by atoms with van der Waals surface area (Å²) in [6.45, 7) is 5.25. The topological polar surface area (TPSA) is 69.0 Å². The summed E-state index contributed by atoms with van der Waals surface area (Å²) in [5, 5.41) is 14.0. The Morgan fingerprint density at radius 1 is 1.42 bits per heavy atom. The molecule has 1 fully saturated rings. The monoisotopic (exact) mass is 322 g/mol. The molecule has 24 heavy (non-hydrogen) atoms. The predicted molar refractivity (Wildman–Crippen MR) is 94.7 cm³/mol. The number of carbonyl (C=O) groups is 1. The zero-order chi connectivity index (χ0) is 17.1. The van der Waals surface area contributed by atoms with Gasteiger partial charge in [0.1, 0.15) is 6.07 Å². The third-order valence-electron chi connectivity index (χ3n) is 4.77. The van der Waals surface area contributed by atoms with E-state index in [4.69, 9.17) is 0 Å². The van der Waals surface area contributed by atoms with Gasteiger partial charge >= 0.3 is 0 Å². The highest BCUT2D eigenvalue weighted by Crippen LogP contribution is 2.29. The van der Waals surface area contributed by atoms with Gasteiger partial charge in [0.05, 0.1) is 16.8 Å². The number of hydrogen-bond donors (Lipinski definition) is 1. The van der Waals surface area contributed by atoms with E-state index in [1.807, 2.05) is 17.0 Å². The Kier molecular flexibility index (Phi) is 4.66. The minimum Gasteiger partial charge on any atom is -0.381 e. The van der Waals surface area contributed by atoms with Crippen molar-refractivity contribution in [2.24, 2.45) is 0 Å². The van der Waals surface area contributed by atoms with Gasteiger partial charge in [0.2, 0.25) is 5.91 Å². The largest absolute Gasteiger partial charge is 0.381 e. The van der Waals surface area contributed by atoms with E-state index in [1.165, 1.54) is 5.56 Å². The fourth-order valence-corrected chi connectivity index (χ4v) is 3.35. The van der Waals surface area contributed by atoms with Gasteiger partial charge in [0, 0.05) is 37.6 Å². The molecule has 124 valence electrons. The van der Waals surface area contributed by atoms with Crippen LogP contribution in [0.5, 0.6) is 0 Å². The van der Waals surface area contributed by atoms with E-state index >= 15 is 0 Å². The number of benzene rings is 1. The van der Waals surface area contributed by atoms with Gasteiger partial charge in [0.15, 0.2) is 0 Å². The average Bonchev–Trinajstić information content (AvgIpc) is 2.61. The highest BCUT2D eigenvalue weighted by molar-refractivity contribution is 5.95. The fourth-order valence-electron chi connectivity index (χ4n) is 3.35. The van der Waals surface area contributed by atoms with Crippen LogP contribution in [0.25, 0.3) is 10.9 Å². The second kappa shape index (κ2) is 6.88. The summed E-state index contributed by atoms with van der Waals surface area (Å²) >= 11 is 0. The molecule has 0 atom stereocenters. The minimum absolute atomic E-state index is 0.133. The quantitative estimate of drug-likeness (QED) is 0.943. The zero-order valence-electron chi connectivity index (χ0n) is 14.2. The molecule has 2 heterocycles. The Balaban J connectivity index is 1.91. The summed E-state index contributed by atoms with van der Waals surface area (Å²) in [5.41, 5.74) is 3.60. The van der Waals surface area contributed by atoms with Crippen molar-refractivity contribution in [2.45, 2.75) is 39.2 Å². The number of nitrogens with zero attached hydrogens (tertiary/aromatic N) is 3. The first-order valence-corrected chi connectivity index (χ1v) is 8.46. The van der Waals surface area contributed by atoms with Gasteiger partial charge in [-0.25, -0.2) is 0 Å². The first-order valence-electron chi connectivity index (χ1n) is 8.46. The number of piperidine rings is 1. The lowest BCUT2D eigenvalue weighted by Gasteiger charge is -2.32. The van der Waals surface area contributed by atoms with Crippen LogP contribution in [-0.4, -0.2) is 34.9 Å². The first-order chi connectivity index (χ1) is 11.6. The maximum atomic E-state index is 11.5. The minimum atomic E-state index is 0.133. The van der Waals surface area contributed by atoms with Crippen LogP contribution in [0, 0.1) is 11.3 Å². The number of likely N-dealkylation sites (tertiary alicyclic amines) is 1. The summed E-state index contributed by atoms with van der Waals surface area (Å²) < 4.78 is 0. The molecule has 0 unspecified atom stereocenters. The van der Waals surface area contributed by atoms with E-state index in [9.17, 15) is 10.1 Å². The van der Waals surface area contributed by atoms with Crippen LogP contribution in [0.3, 0.4) is 0 Å².